The van der Waals surface area contributed by atoms with Crippen LogP contribution in [0.4, 0.5) is 35.0 Å². The number of pyridine rings is 2. The number of carbonyl (C=O) groups is 1. The maximum absolute atomic E-state index is 13.7. The molecule has 0 N–H and O–H groups in total. The molecule has 3 aromatic rings. The van der Waals surface area contributed by atoms with Crippen molar-refractivity contribution in [1.29, 1.82) is 0 Å². The highest BCUT2D eigenvalue weighted by Gasteiger charge is 2.38. The normalized spacial score (nSPS) is 13.1. The summed E-state index contributed by atoms with van der Waals surface area (Å²) in [6, 6.07) is 7.01. The van der Waals surface area contributed by atoms with Gasteiger partial charge in [-0.05, 0) is 54.8 Å². The summed E-state index contributed by atoms with van der Waals surface area (Å²) in [4.78, 5) is 24.6. The summed E-state index contributed by atoms with van der Waals surface area (Å²) >= 11 is 0. The van der Waals surface area contributed by atoms with Crippen LogP contribution in [0.25, 0.3) is 0 Å². The fourth-order valence-electron chi connectivity index (χ4n) is 3.65. The highest BCUT2D eigenvalue weighted by Crippen LogP contribution is 2.43. The molecule has 1 aromatic carbocycles. The number of benzene rings is 1. The lowest BCUT2D eigenvalue weighted by Gasteiger charge is -2.29. The van der Waals surface area contributed by atoms with E-state index in [2.05, 4.69) is 9.97 Å². The zero-order chi connectivity index (χ0) is 22.2. The third-order valence-electron chi connectivity index (χ3n) is 5.18. The number of rotatable bonds is 3. The van der Waals surface area contributed by atoms with Crippen LogP contribution in [0.2, 0.25) is 0 Å². The summed E-state index contributed by atoms with van der Waals surface area (Å²) < 4.78 is 45.6. The molecule has 0 saturated carbocycles. The van der Waals surface area contributed by atoms with Gasteiger partial charge in [0.15, 0.2) is 0 Å². The molecule has 9 heteroatoms. The molecule has 4 rings (SSSR count). The molecule has 0 spiro atoms. The number of halogens is 3. The van der Waals surface area contributed by atoms with E-state index in [4.69, 9.17) is 4.74 Å². The van der Waals surface area contributed by atoms with Gasteiger partial charge in [-0.25, -0.2) is 4.79 Å². The number of ether oxygens (including phenoxy) is 1. The van der Waals surface area contributed by atoms with E-state index in [1.54, 1.807) is 36.8 Å². The number of amides is 2. The van der Waals surface area contributed by atoms with Gasteiger partial charge in [0, 0.05) is 24.6 Å². The second-order valence-electron chi connectivity index (χ2n) is 7.07. The van der Waals surface area contributed by atoms with E-state index in [9.17, 15) is 18.0 Å². The molecule has 3 heterocycles. The summed E-state index contributed by atoms with van der Waals surface area (Å²) in [5.74, 6) is -0.257. The minimum Gasteiger partial charge on any atom is -0.496 e. The Morgan fingerprint density at radius 3 is 2.58 bits per heavy atom. The molecule has 1 aliphatic heterocycles. The van der Waals surface area contributed by atoms with Crippen molar-refractivity contribution in [3.63, 3.8) is 0 Å². The topological polar surface area (TPSA) is 58.6 Å². The van der Waals surface area contributed by atoms with Gasteiger partial charge in [-0.1, -0.05) is 0 Å². The third-order valence-corrected chi connectivity index (χ3v) is 5.18. The molecule has 0 aliphatic carbocycles. The SMILES string of the molecule is COc1cc2c(cc1C(F)(F)F)N(C(=O)N(c1cccnc1)c1cnccc1C)CC2. The summed E-state index contributed by atoms with van der Waals surface area (Å²) in [6.45, 7) is 2.08. The van der Waals surface area contributed by atoms with Gasteiger partial charge >= 0.3 is 12.2 Å². The summed E-state index contributed by atoms with van der Waals surface area (Å²) in [5.41, 5.74) is 1.72. The first-order chi connectivity index (χ1) is 14.8. The lowest BCUT2D eigenvalue weighted by Crippen LogP contribution is -2.40. The summed E-state index contributed by atoms with van der Waals surface area (Å²) in [7, 11) is 1.20. The van der Waals surface area contributed by atoms with Crippen molar-refractivity contribution in [3.8, 4) is 5.75 Å². The molecule has 6 nitrogen and oxygen atoms in total. The van der Waals surface area contributed by atoms with E-state index in [1.807, 2.05) is 6.92 Å². The largest absolute Gasteiger partial charge is 0.496 e. The molecule has 1 aliphatic rings. The minimum atomic E-state index is -4.61. The van der Waals surface area contributed by atoms with E-state index in [1.165, 1.54) is 29.2 Å². The van der Waals surface area contributed by atoms with E-state index in [-0.39, 0.29) is 18.0 Å². The quantitative estimate of drug-likeness (QED) is 0.580. The Hall–Kier alpha value is -3.62. The molecule has 2 aromatic heterocycles. The Morgan fingerprint density at radius 2 is 1.94 bits per heavy atom. The van der Waals surface area contributed by atoms with Gasteiger partial charge in [0.05, 0.1) is 36.4 Å². The molecule has 2 amide bonds. The van der Waals surface area contributed by atoms with Crippen LogP contribution in [0, 0.1) is 6.92 Å². The number of methoxy groups -OCH3 is 1. The van der Waals surface area contributed by atoms with Crippen LogP contribution in [0.5, 0.6) is 5.75 Å². The van der Waals surface area contributed by atoms with Crippen LogP contribution in [0.15, 0.2) is 55.1 Å². The van der Waals surface area contributed by atoms with Crippen molar-refractivity contribution in [3.05, 3.63) is 71.8 Å². The number of aromatic nitrogens is 2. The number of urea groups is 1. The molecule has 0 radical (unpaired) electrons. The zero-order valence-corrected chi connectivity index (χ0v) is 16.8. The Bertz CT molecular complexity index is 1120. The van der Waals surface area contributed by atoms with Crippen molar-refractivity contribution < 1.29 is 22.7 Å². The van der Waals surface area contributed by atoms with E-state index in [0.29, 0.717) is 23.4 Å². The van der Waals surface area contributed by atoms with Crippen molar-refractivity contribution in [1.82, 2.24) is 9.97 Å². The van der Waals surface area contributed by atoms with E-state index >= 15 is 0 Å². The molecule has 0 fully saturated rings. The van der Waals surface area contributed by atoms with Gasteiger partial charge in [0.1, 0.15) is 5.75 Å². The van der Waals surface area contributed by atoms with Crippen LogP contribution in [-0.4, -0.2) is 29.7 Å². The molecule has 0 bridgehead atoms. The third kappa shape index (κ3) is 3.78. The number of alkyl halides is 3. The number of anilines is 3. The van der Waals surface area contributed by atoms with Crippen LogP contribution in [-0.2, 0) is 12.6 Å². The molecular formula is C22H19F3N4O2. The predicted molar refractivity (Wildman–Crippen MR) is 110 cm³/mol. The first-order valence-electron chi connectivity index (χ1n) is 9.51. The van der Waals surface area contributed by atoms with Crippen molar-refractivity contribution in [2.75, 3.05) is 23.5 Å². The van der Waals surface area contributed by atoms with Crippen molar-refractivity contribution in [2.24, 2.45) is 0 Å². The standard InChI is InChI=1S/C22H19F3N4O2/c1-14-5-8-27-13-19(14)29(16-4-3-7-26-12-16)21(30)28-9-6-15-10-20(31-2)17(11-18(15)28)22(23,24)25/h3-5,7-8,10-13H,6,9H2,1-2H3. The van der Waals surface area contributed by atoms with Gasteiger partial charge in [-0.15, -0.1) is 0 Å². The smallest absolute Gasteiger partial charge is 0.420 e. The van der Waals surface area contributed by atoms with Gasteiger partial charge in [0.25, 0.3) is 0 Å². The van der Waals surface area contributed by atoms with Crippen LogP contribution < -0.4 is 14.5 Å². The number of nitrogens with zero attached hydrogens (tertiary/aromatic N) is 4. The van der Waals surface area contributed by atoms with Gasteiger partial charge in [-0.2, -0.15) is 13.2 Å². The lowest BCUT2D eigenvalue weighted by molar-refractivity contribution is -0.138. The first-order valence-corrected chi connectivity index (χ1v) is 9.51. The Morgan fingerprint density at radius 1 is 1.16 bits per heavy atom. The van der Waals surface area contributed by atoms with Gasteiger partial charge < -0.3 is 4.74 Å². The monoisotopic (exact) mass is 428 g/mol. The van der Waals surface area contributed by atoms with E-state index < -0.39 is 17.8 Å². The van der Waals surface area contributed by atoms with Crippen molar-refractivity contribution in [2.45, 2.75) is 19.5 Å². The minimum absolute atomic E-state index is 0.216. The fourth-order valence-corrected chi connectivity index (χ4v) is 3.65. The first kappa shape index (κ1) is 20.6. The summed E-state index contributed by atoms with van der Waals surface area (Å²) in [6.07, 6.45) is 2.07. The molecular weight excluding hydrogens is 409 g/mol. The van der Waals surface area contributed by atoms with Gasteiger partial charge in [0.2, 0.25) is 0 Å². The molecule has 31 heavy (non-hydrogen) atoms. The second kappa shape index (κ2) is 7.90. The Balaban J connectivity index is 1.81. The van der Waals surface area contributed by atoms with Crippen LogP contribution in [0.1, 0.15) is 16.7 Å². The molecule has 0 unspecified atom stereocenters. The molecule has 0 atom stereocenters. The number of hydrogen-bond acceptors (Lipinski definition) is 4. The number of aryl methyl sites for hydroxylation is 1. The molecule has 160 valence electrons. The molecule has 0 saturated heterocycles. The summed E-state index contributed by atoms with van der Waals surface area (Å²) in [5, 5.41) is 0. The van der Waals surface area contributed by atoms with Crippen molar-refractivity contribution >= 4 is 23.1 Å². The highest BCUT2D eigenvalue weighted by atomic mass is 19.4. The van der Waals surface area contributed by atoms with Gasteiger partial charge in [-0.3, -0.25) is 19.8 Å². The second-order valence-corrected chi connectivity index (χ2v) is 7.07. The average molecular weight is 428 g/mol. The Labute approximate surface area is 176 Å². The number of carbonyl (C=O) groups excluding carboxylic acids is 1. The fraction of sp³-hybridized carbons (Fsp3) is 0.227. The van der Waals surface area contributed by atoms with Crippen LogP contribution in [0.3, 0.4) is 0 Å². The van der Waals surface area contributed by atoms with E-state index in [0.717, 1.165) is 11.6 Å². The number of hydrogen-bond donors (Lipinski definition) is 0. The number of fused-ring (bicyclic) bond motifs is 1. The average Bonchev–Trinajstić information content (AvgIpc) is 3.17. The lowest BCUT2D eigenvalue weighted by atomic mass is 10.1. The zero-order valence-electron chi connectivity index (χ0n) is 16.8. The maximum Gasteiger partial charge on any atom is 0.420 e. The predicted octanol–water partition coefficient (Wildman–Crippen LogP) is 5.13. The highest BCUT2D eigenvalue weighted by molar-refractivity contribution is 6.09. The van der Waals surface area contributed by atoms with Crippen LogP contribution >= 0.6 is 0 Å². The Kier molecular flexibility index (Phi) is 5.26. The maximum atomic E-state index is 13.7.